The lowest BCUT2D eigenvalue weighted by atomic mass is 9.95. The summed E-state index contributed by atoms with van der Waals surface area (Å²) in [5.74, 6) is 3.09. The Balaban J connectivity index is 1.28. The molecule has 1 amide bonds. The van der Waals surface area contributed by atoms with Crippen molar-refractivity contribution in [1.82, 2.24) is 25.0 Å². The van der Waals surface area contributed by atoms with E-state index in [1.165, 1.54) is 54.5 Å². The average molecular weight is 498 g/mol. The van der Waals surface area contributed by atoms with Gasteiger partial charge in [0, 0.05) is 41.4 Å². The van der Waals surface area contributed by atoms with Gasteiger partial charge < -0.3 is 9.88 Å². The van der Waals surface area contributed by atoms with E-state index in [0.717, 1.165) is 37.5 Å². The molecule has 1 N–H and O–H groups in total. The van der Waals surface area contributed by atoms with Crippen molar-refractivity contribution in [2.24, 2.45) is 5.92 Å². The lowest BCUT2D eigenvalue weighted by Crippen LogP contribution is -2.45. The second kappa shape index (κ2) is 10.3. The Morgan fingerprint density at radius 1 is 1.06 bits per heavy atom. The molecular formula is C28H43N5OS. The maximum Gasteiger partial charge on any atom is 0.223 e. The lowest BCUT2D eigenvalue weighted by molar-refractivity contribution is -0.125. The summed E-state index contributed by atoms with van der Waals surface area (Å²) in [5, 5.41) is 14.7. The molecule has 2 aromatic heterocycles. The molecule has 0 spiro atoms. The first-order valence-electron chi connectivity index (χ1n) is 13.9. The number of carbonyl (C=O) groups is 1. The minimum Gasteiger partial charge on any atom is -0.348 e. The van der Waals surface area contributed by atoms with Crippen LogP contribution in [0.25, 0.3) is 0 Å². The van der Waals surface area contributed by atoms with Crippen LogP contribution in [0.15, 0.2) is 5.38 Å². The van der Waals surface area contributed by atoms with E-state index in [9.17, 15) is 4.79 Å². The predicted octanol–water partition coefficient (Wildman–Crippen LogP) is 5.99. The predicted molar refractivity (Wildman–Crippen MR) is 142 cm³/mol. The summed E-state index contributed by atoms with van der Waals surface area (Å²) in [4.78, 5) is 17.2. The molecule has 3 aliphatic rings. The highest BCUT2D eigenvalue weighted by molar-refractivity contribution is 7.10. The third-order valence-corrected chi connectivity index (χ3v) is 10.3. The Labute approximate surface area is 214 Å². The molecule has 4 heterocycles. The van der Waals surface area contributed by atoms with E-state index in [-0.39, 0.29) is 17.9 Å². The Morgan fingerprint density at radius 3 is 2.34 bits per heavy atom. The second-order valence-electron chi connectivity index (χ2n) is 11.6. The highest BCUT2D eigenvalue weighted by Gasteiger charge is 2.42. The van der Waals surface area contributed by atoms with E-state index in [1.807, 2.05) is 11.3 Å². The molecule has 5 rings (SSSR count). The Kier molecular flexibility index (Phi) is 7.36. The maximum atomic E-state index is 13.1. The van der Waals surface area contributed by atoms with Crippen molar-refractivity contribution in [3.8, 4) is 0 Å². The first-order valence-corrected chi connectivity index (χ1v) is 14.7. The van der Waals surface area contributed by atoms with Gasteiger partial charge in [-0.3, -0.25) is 9.69 Å². The first-order chi connectivity index (χ1) is 16.8. The molecule has 3 fully saturated rings. The van der Waals surface area contributed by atoms with Crippen molar-refractivity contribution < 1.29 is 4.79 Å². The SMILES string of the molecule is Cc1csc([C@H](CCN2C3CCC2CC(n2c(C)nnc2C(C)C)C3)NC(=O)C2CCCC2)c1C. The van der Waals surface area contributed by atoms with Crippen molar-refractivity contribution in [2.75, 3.05) is 6.54 Å². The summed E-state index contributed by atoms with van der Waals surface area (Å²) in [6.45, 7) is 12.0. The fraction of sp³-hybridized carbons (Fsp3) is 0.750. The molecule has 0 radical (unpaired) electrons. The number of carbonyl (C=O) groups excluding carboxylic acids is 1. The summed E-state index contributed by atoms with van der Waals surface area (Å²) >= 11 is 1.83. The molecule has 2 aromatic rings. The van der Waals surface area contributed by atoms with Crippen LogP contribution < -0.4 is 5.32 Å². The fourth-order valence-corrected chi connectivity index (χ4v) is 8.10. The van der Waals surface area contributed by atoms with Crippen LogP contribution in [0, 0.1) is 26.7 Å². The van der Waals surface area contributed by atoms with Gasteiger partial charge >= 0.3 is 0 Å². The number of thiophene rings is 1. The van der Waals surface area contributed by atoms with Crippen LogP contribution in [-0.4, -0.2) is 44.2 Å². The lowest BCUT2D eigenvalue weighted by Gasteiger charge is -2.40. The molecule has 35 heavy (non-hydrogen) atoms. The van der Waals surface area contributed by atoms with E-state index in [2.05, 4.69) is 65.0 Å². The van der Waals surface area contributed by atoms with Crippen molar-refractivity contribution in [3.63, 3.8) is 0 Å². The van der Waals surface area contributed by atoms with Crippen LogP contribution in [0.2, 0.25) is 0 Å². The minimum absolute atomic E-state index is 0.131. The van der Waals surface area contributed by atoms with Gasteiger partial charge in [0.2, 0.25) is 5.91 Å². The summed E-state index contributed by atoms with van der Waals surface area (Å²) < 4.78 is 2.44. The first kappa shape index (κ1) is 24.9. The van der Waals surface area contributed by atoms with E-state index in [4.69, 9.17) is 0 Å². The van der Waals surface area contributed by atoms with Crippen molar-refractivity contribution in [2.45, 2.75) is 122 Å². The van der Waals surface area contributed by atoms with Crippen LogP contribution in [-0.2, 0) is 4.79 Å². The zero-order chi connectivity index (χ0) is 24.7. The molecule has 2 aliphatic heterocycles. The standard InChI is InChI=1S/C28H43N5OS/c1-17(2)27-31-30-20(5)33(27)24-14-22-10-11-23(15-24)32(22)13-12-25(26-19(4)18(3)16-35-26)29-28(34)21-8-6-7-9-21/h16-17,21-25H,6-15H2,1-5H3,(H,29,34)/t22?,23?,24?,25-/m0/s1. The number of hydrogen-bond acceptors (Lipinski definition) is 5. The van der Waals surface area contributed by atoms with E-state index in [0.29, 0.717) is 24.0 Å². The number of nitrogens with zero attached hydrogens (tertiary/aromatic N) is 4. The van der Waals surface area contributed by atoms with Gasteiger partial charge in [-0.2, -0.15) is 0 Å². The summed E-state index contributed by atoms with van der Waals surface area (Å²) in [6.07, 6.45) is 10.5. The monoisotopic (exact) mass is 497 g/mol. The number of rotatable bonds is 8. The minimum atomic E-state index is 0.131. The third-order valence-electron chi connectivity index (χ3n) is 8.99. The van der Waals surface area contributed by atoms with Gasteiger partial charge in [0.25, 0.3) is 0 Å². The Bertz CT molecular complexity index is 1020. The molecule has 1 aliphatic carbocycles. The topological polar surface area (TPSA) is 63.1 Å². The van der Waals surface area contributed by atoms with Gasteiger partial charge in [0.05, 0.1) is 6.04 Å². The summed E-state index contributed by atoms with van der Waals surface area (Å²) in [7, 11) is 0. The third kappa shape index (κ3) is 4.95. The molecule has 2 saturated heterocycles. The highest BCUT2D eigenvalue weighted by atomic mass is 32.1. The molecular weight excluding hydrogens is 454 g/mol. The quantitative estimate of drug-likeness (QED) is 0.486. The van der Waals surface area contributed by atoms with Crippen LogP contribution >= 0.6 is 11.3 Å². The average Bonchev–Trinajstić information content (AvgIpc) is 3.60. The second-order valence-corrected chi connectivity index (χ2v) is 12.5. The Morgan fingerprint density at radius 2 is 1.74 bits per heavy atom. The number of aryl methyl sites for hydroxylation is 2. The molecule has 3 atom stereocenters. The number of hydrogen-bond donors (Lipinski definition) is 1. The number of aromatic nitrogens is 3. The van der Waals surface area contributed by atoms with Gasteiger partial charge in [0.1, 0.15) is 11.6 Å². The van der Waals surface area contributed by atoms with Crippen LogP contribution in [0.3, 0.4) is 0 Å². The molecule has 2 unspecified atom stereocenters. The molecule has 6 nitrogen and oxygen atoms in total. The smallest absolute Gasteiger partial charge is 0.223 e. The summed E-state index contributed by atoms with van der Waals surface area (Å²) in [6, 6.07) is 1.89. The van der Waals surface area contributed by atoms with Crippen LogP contribution in [0.1, 0.15) is 117 Å². The number of fused-ring (bicyclic) bond motifs is 2. The van der Waals surface area contributed by atoms with Gasteiger partial charge in [-0.05, 0) is 82.2 Å². The van der Waals surface area contributed by atoms with Crippen LogP contribution in [0.5, 0.6) is 0 Å². The van der Waals surface area contributed by atoms with Gasteiger partial charge in [-0.15, -0.1) is 21.5 Å². The van der Waals surface area contributed by atoms with Crippen LogP contribution in [0.4, 0.5) is 0 Å². The molecule has 0 aromatic carbocycles. The fourth-order valence-electron chi connectivity index (χ4n) is 6.94. The highest BCUT2D eigenvalue weighted by Crippen LogP contribution is 2.43. The van der Waals surface area contributed by atoms with E-state index >= 15 is 0 Å². The van der Waals surface area contributed by atoms with Gasteiger partial charge in [-0.25, -0.2) is 0 Å². The molecule has 2 bridgehead atoms. The summed E-state index contributed by atoms with van der Waals surface area (Å²) in [5.41, 5.74) is 2.70. The largest absolute Gasteiger partial charge is 0.348 e. The Hall–Kier alpha value is -1.73. The number of piperidine rings is 1. The zero-order valence-electron chi connectivity index (χ0n) is 22.2. The number of amides is 1. The van der Waals surface area contributed by atoms with Gasteiger partial charge in [-0.1, -0.05) is 26.7 Å². The molecule has 1 saturated carbocycles. The zero-order valence-corrected chi connectivity index (χ0v) is 23.0. The van der Waals surface area contributed by atoms with Crippen molar-refractivity contribution >= 4 is 17.2 Å². The maximum absolute atomic E-state index is 13.1. The molecule has 7 heteroatoms. The van der Waals surface area contributed by atoms with Crippen molar-refractivity contribution in [3.05, 3.63) is 33.0 Å². The van der Waals surface area contributed by atoms with Gasteiger partial charge in [0.15, 0.2) is 0 Å². The van der Waals surface area contributed by atoms with E-state index in [1.54, 1.807) is 0 Å². The molecule has 192 valence electrons. The van der Waals surface area contributed by atoms with E-state index < -0.39 is 0 Å². The number of nitrogens with one attached hydrogen (secondary N) is 1. The van der Waals surface area contributed by atoms with Crippen molar-refractivity contribution in [1.29, 1.82) is 0 Å². The normalized spacial score (nSPS) is 26.1.